The van der Waals surface area contributed by atoms with Crippen LogP contribution in [0.3, 0.4) is 0 Å². The van der Waals surface area contributed by atoms with E-state index in [4.69, 9.17) is 17.2 Å². The summed E-state index contributed by atoms with van der Waals surface area (Å²) >= 11 is 0. The minimum absolute atomic E-state index is 0.0162. The van der Waals surface area contributed by atoms with E-state index >= 15 is 0 Å². The number of aliphatic hydroxyl groups is 1. The summed E-state index contributed by atoms with van der Waals surface area (Å²) in [5.74, 6) is -8.25. The lowest BCUT2D eigenvalue weighted by Gasteiger charge is -2.30. The first-order valence-electron chi connectivity index (χ1n) is 16.6. The molecule has 0 aromatic rings. The van der Waals surface area contributed by atoms with Gasteiger partial charge in [0.2, 0.25) is 47.3 Å². The summed E-state index contributed by atoms with van der Waals surface area (Å²) in [6.07, 6.45) is 0.0924. The number of nitrogens with zero attached hydrogens (tertiary/aromatic N) is 2. The number of aliphatic imine (C=N–C) groups is 1. The number of carbonyl (C=O) groups excluding carboxylic acids is 8. The standard InChI is InChI=1S/C30H51N11O11/c1-15(2)10-19(29(52)41-9-5-7-21(41)28(51)36-13-23(45)35-12-22(31)44)39-27(50)20(14-42)40-26(49)18(11-24(46)47)38-25(48)17(37-16(3)43)6-4-8-34-30(32)33/h15,17-21,42H,4-14H2,1-3H3,(H2,31,44)(H,35,45)(H,36,51)(H,37,43)(H,38,48)(H,39,50)(H,40,49)(H,46,47)(H4,32,33,34)/t17-,18-,19-,20-,21-/m0/s1. The van der Waals surface area contributed by atoms with Crippen LogP contribution in [0.15, 0.2) is 4.99 Å². The first-order chi connectivity index (χ1) is 24.4. The number of nitrogens with one attached hydrogen (secondary N) is 6. The average Bonchev–Trinajstić information content (AvgIpc) is 3.54. The van der Waals surface area contributed by atoms with E-state index in [0.717, 1.165) is 6.92 Å². The highest BCUT2D eigenvalue weighted by atomic mass is 16.4. The van der Waals surface area contributed by atoms with Crippen LogP contribution >= 0.6 is 0 Å². The highest BCUT2D eigenvalue weighted by Gasteiger charge is 2.39. The number of aliphatic carboxylic acids is 1. The second-order valence-corrected chi connectivity index (χ2v) is 12.4. The Kier molecular flexibility index (Phi) is 19.1. The Labute approximate surface area is 299 Å². The predicted octanol–water partition coefficient (Wildman–Crippen LogP) is -5.78. The Hall–Kier alpha value is -5.54. The van der Waals surface area contributed by atoms with Crippen molar-refractivity contribution in [2.24, 2.45) is 28.1 Å². The molecule has 8 amide bonds. The maximum atomic E-state index is 13.7. The van der Waals surface area contributed by atoms with Crippen molar-refractivity contribution in [1.29, 1.82) is 0 Å². The van der Waals surface area contributed by atoms with Gasteiger partial charge in [0.25, 0.3) is 0 Å². The van der Waals surface area contributed by atoms with Crippen molar-refractivity contribution in [1.82, 2.24) is 36.8 Å². The number of carboxylic acids is 1. The maximum Gasteiger partial charge on any atom is 0.305 e. The molecule has 52 heavy (non-hydrogen) atoms. The minimum Gasteiger partial charge on any atom is -0.481 e. The lowest BCUT2D eigenvalue weighted by Crippen LogP contribution is -2.60. The van der Waals surface area contributed by atoms with E-state index in [1.165, 1.54) is 4.90 Å². The number of nitrogens with two attached hydrogens (primary N) is 3. The van der Waals surface area contributed by atoms with Gasteiger partial charge in [-0.15, -0.1) is 0 Å². The van der Waals surface area contributed by atoms with Crippen LogP contribution in [-0.2, 0) is 43.2 Å². The van der Waals surface area contributed by atoms with Gasteiger partial charge in [0.05, 0.1) is 26.1 Å². The molecular formula is C30H51N11O11. The van der Waals surface area contributed by atoms with Crippen molar-refractivity contribution < 1.29 is 53.4 Å². The predicted molar refractivity (Wildman–Crippen MR) is 182 cm³/mol. The molecule has 1 fully saturated rings. The third-order valence-electron chi connectivity index (χ3n) is 7.51. The molecule has 0 spiro atoms. The van der Waals surface area contributed by atoms with E-state index in [1.807, 2.05) is 0 Å². The first-order valence-corrected chi connectivity index (χ1v) is 16.6. The van der Waals surface area contributed by atoms with Gasteiger partial charge in [-0.1, -0.05) is 13.8 Å². The summed E-state index contributed by atoms with van der Waals surface area (Å²) in [7, 11) is 0. The normalized spacial score (nSPS) is 15.9. The molecular weight excluding hydrogens is 690 g/mol. The molecule has 22 nitrogen and oxygen atoms in total. The lowest BCUT2D eigenvalue weighted by atomic mass is 10.0. The molecule has 0 bridgehead atoms. The zero-order chi connectivity index (χ0) is 39.5. The molecule has 0 aromatic heterocycles. The molecule has 0 radical (unpaired) electrons. The van der Waals surface area contributed by atoms with Crippen LogP contribution in [-0.4, -0.2) is 137 Å². The average molecular weight is 742 g/mol. The van der Waals surface area contributed by atoms with Crippen molar-refractivity contribution >= 4 is 59.2 Å². The van der Waals surface area contributed by atoms with Crippen molar-refractivity contribution in [2.75, 3.05) is 32.8 Å². The van der Waals surface area contributed by atoms with Crippen molar-refractivity contribution in [3.8, 4) is 0 Å². The number of aliphatic hydroxyl groups excluding tert-OH is 1. The topological polar surface area (TPSA) is 360 Å². The molecule has 0 aromatic carbocycles. The van der Waals surface area contributed by atoms with Crippen LogP contribution < -0.4 is 49.1 Å². The summed E-state index contributed by atoms with van der Waals surface area (Å²) in [5.41, 5.74) is 15.6. The maximum absolute atomic E-state index is 13.7. The van der Waals surface area contributed by atoms with Gasteiger partial charge in [0.15, 0.2) is 5.96 Å². The summed E-state index contributed by atoms with van der Waals surface area (Å²) in [6.45, 7) is 3.06. The molecule has 1 aliphatic heterocycles. The number of hydrogen-bond donors (Lipinski definition) is 11. The SMILES string of the molecule is CC(=O)N[C@@H](CCCN=C(N)N)C(=O)N[C@@H](CC(=O)O)C(=O)N[C@@H](CO)C(=O)N[C@@H](CC(C)C)C(=O)N1CCC[C@H]1C(=O)NCC(=O)NCC(N)=O. The number of likely N-dealkylation sites (tertiary alicyclic amines) is 1. The van der Waals surface area contributed by atoms with Gasteiger partial charge in [-0.3, -0.25) is 48.1 Å². The number of hydrogen-bond acceptors (Lipinski definition) is 11. The quantitative estimate of drug-likeness (QED) is 0.0280. The fraction of sp³-hybridized carbons (Fsp3) is 0.667. The third-order valence-corrected chi connectivity index (χ3v) is 7.51. The Morgan fingerprint density at radius 1 is 0.827 bits per heavy atom. The molecule has 5 atom stereocenters. The molecule has 1 rings (SSSR count). The molecule has 1 saturated heterocycles. The zero-order valence-corrected chi connectivity index (χ0v) is 29.4. The molecule has 292 valence electrons. The highest BCUT2D eigenvalue weighted by molar-refractivity contribution is 5.98. The summed E-state index contributed by atoms with van der Waals surface area (Å²) in [6, 6.07) is -6.87. The Balaban J connectivity index is 3.06. The number of guanidine groups is 1. The van der Waals surface area contributed by atoms with E-state index in [2.05, 4.69) is 36.9 Å². The monoisotopic (exact) mass is 741 g/mol. The van der Waals surface area contributed by atoms with Crippen LogP contribution in [0.2, 0.25) is 0 Å². The van der Waals surface area contributed by atoms with E-state index in [-0.39, 0.29) is 50.7 Å². The molecule has 0 aliphatic carbocycles. The smallest absolute Gasteiger partial charge is 0.305 e. The minimum atomic E-state index is -1.75. The van der Waals surface area contributed by atoms with Gasteiger partial charge < -0.3 is 64.2 Å². The lowest BCUT2D eigenvalue weighted by molar-refractivity contribution is -0.143. The molecule has 22 heteroatoms. The second kappa shape index (κ2) is 22.3. The van der Waals surface area contributed by atoms with Gasteiger partial charge in [-0.25, -0.2) is 0 Å². The Bertz CT molecular complexity index is 1350. The summed E-state index contributed by atoms with van der Waals surface area (Å²) < 4.78 is 0. The van der Waals surface area contributed by atoms with Crippen LogP contribution in [0.1, 0.15) is 59.3 Å². The van der Waals surface area contributed by atoms with E-state index in [1.54, 1.807) is 13.8 Å². The number of carboxylic acid groups (broad SMARTS) is 1. The van der Waals surface area contributed by atoms with Gasteiger partial charge in [-0.05, 0) is 38.0 Å². The largest absolute Gasteiger partial charge is 0.481 e. The second-order valence-electron chi connectivity index (χ2n) is 12.4. The van der Waals surface area contributed by atoms with Crippen molar-refractivity contribution in [2.45, 2.75) is 89.5 Å². The van der Waals surface area contributed by atoms with Crippen LogP contribution in [0.5, 0.6) is 0 Å². The molecule has 0 unspecified atom stereocenters. The van der Waals surface area contributed by atoms with Crippen molar-refractivity contribution in [3.05, 3.63) is 0 Å². The van der Waals surface area contributed by atoms with E-state index in [0.29, 0.717) is 6.42 Å². The highest BCUT2D eigenvalue weighted by Crippen LogP contribution is 2.20. The fourth-order valence-electron chi connectivity index (χ4n) is 5.14. The van der Waals surface area contributed by atoms with E-state index < -0.39 is 110 Å². The summed E-state index contributed by atoms with van der Waals surface area (Å²) in [4.78, 5) is 117. The number of carbonyl (C=O) groups is 9. The molecule has 1 heterocycles. The van der Waals surface area contributed by atoms with Crippen LogP contribution in [0, 0.1) is 5.92 Å². The molecule has 1 aliphatic rings. The summed E-state index contributed by atoms with van der Waals surface area (Å²) in [5, 5.41) is 33.4. The van der Waals surface area contributed by atoms with Gasteiger partial charge in [-0.2, -0.15) is 0 Å². The van der Waals surface area contributed by atoms with Gasteiger partial charge >= 0.3 is 5.97 Å². The number of primary amides is 1. The number of rotatable bonds is 22. The number of amides is 8. The molecule has 0 saturated carbocycles. The first kappa shape index (κ1) is 44.5. The van der Waals surface area contributed by atoms with E-state index in [9.17, 15) is 53.4 Å². The third kappa shape index (κ3) is 16.4. The Morgan fingerprint density at radius 3 is 1.98 bits per heavy atom. The molecule has 14 N–H and O–H groups in total. The zero-order valence-electron chi connectivity index (χ0n) is 29.4. The van der Waals surface area contributed by atoms with Crippen molar-refractivity contribution in [3.63, 3.8) is 0 Å². The fourth-order valence-corrected chi connectivity index (χ4v) is 5.14. The van der Waals surface area contributed by atoms with Crippen LogP contribution in [0.25, 0.3) is 0 Å². The van der Waals surface area contributed by atoms with Crippen LogP contribution in [0.4, 0.5) is 0 Å². The van der Waals surface area contributed by atoms with Gasteiger partial charge in [0, 0.05) is 20.0 Å². The van der Waals surface area contributed by atoms with Gasteiger partial charge in [0.1, 0.15) is 30.2 Å². The Morgan fingerprint density at radius 2 is 1.42 bits per heavy atom.